The topological polar surface area (TPSA) is 336 Å². The number of aryl methyl sites for hydroxylation is 4. The minimum Gasteiger partial charge on any atom is -0.394 e. The summed E-state index contributed by atoms with van der Waals surface area (Å²) in [6.45, 7) is 16.1. The maximum atomic E-state index is 12.8. The molecule has 1 atom stereocenters. The number of nitrogen functional groups attached to an aromatic ring is 7. The highest BCUT2D eigenvalue weighted by Gasteiger charge is 2.22. The summed E-state index contributed by atoms with van der Waals surface area (Å²) in [4.78, 5) is 78.7. The van der Waals surface area contributed by atoms with Crippen LogP contribution in [0.25, 0.3) is 0 Å². The summed E-state index contributed by atoms with van der Waals surface area (Å²) in [5.41, 5.74) is 37.3. The molecule has 0 aromatic carbocycles. The lowest BCUT2D eigenvalue weighted by Gasteiger charge is -2.13. The van der Waals surface area contributed by atoms with Gasteiger partial charge in [-0.15, -0.1) is 0 Å². The molecule has 8 rings (SSSR count). The van der Waals surface area contributed by atoms with Gasteiger partial charge in [-0.25, -0.2) is 8.78 Å². The van der Waals surface area contributed by atoms with Gasteiger partial charge in [0.2, 0.25) is 0 Å². The molecule has 21 nitrogen and oxygen atoms in total. The van der Waals surface area contributed by atoms with Crippen LogP contribution in [0.1, 0.15) is 99.1 Å². The summed E-state index contributed by atoms with van der Waals surface area (Å²) in [7, 11) is 1.60. The first kappa shape index (κ1) is 71.4. The fourth-order valence-electron chi connectivity index (χ4n) is 7.08. The van der Waals surface area contributed by atoms with Gasteiger partial charge in [0.15, 0.2) is 0 Å². The first-order chi connectivity index (χ1) is 38.9. The van der Waals surface area contributed by atoms with Crippen molar-refractivity contribution in [1.82, 2.24) is 32.0 Å². The molecule has 7 aromatic rings. The summed E-state index contributed by atoms with van der Waals surface area (Å²) >= 11 is 22.8. The average molecular weight is 1240 g/mol. The zero-order valence-corrected chi connectivity index (χ0v) is 50.8. The zero-order valence-electron chi connectivity index (χ0n) is 47.8. The van der Waals surface area contributed by atoms with Crippen molar-refractivity contribution in [2.24, 2.45) is 13.0 Å². The second-order valence-corrected chi connectivity index (χ2v) is 20.9. The largest absolute Gasteiger partial charge is 0.394 e. The lowest BCUT2D eigenvalue weighted by molar-refractivity contribution is 0.515. The van der Waals surface area contributed by atoms with Crippen LogP contribution in [0, 0.1) is 17.6 Å². The number of aromatic nitrogens is 7. The molecule has 0 spiro atoms. The maximum Gasteiger partial charge on any atom is 0.274 e. The predicted octanol–water partition coefficient (Wildman–Crippen LogP) is 8.63. The van der Waals surface area contributed by atoms with Crippen molar-refractivity contribution in [2.45, 2.75) is 125 Å². The Balaban J connectivity index is 0.000000331. The molecule has 1 aliphatic carbocycles. The molecule has 14 N–H and O–H groups in total. The molecule has 7 heterocycles. The van der Waals surface area contributed by atoms with Crippen molar-refractivity contribution in [1.29, 1.82) is 0 Å². The zero-order chi connectivity index (χ0) is 63.0. The van der Waals surface area contributed by atoms with Crippen molar-refractivity contribution in [3.63, 3.8) is 0 Å². The van der Waals surface area contributed by atoms with Gasteiger partial charge in [0.25, 0.3) is 38.9 Å². The van der Waals surface area contributed by atoms with Gasteiger partial charge in [-0.05, 0) is 102 Å². The van der Waals surface area contributed by atoms with E-state index in [0.717, 1.165) is 50.7 Å². The highest BCUT2D eigenvalue weighted by Crippen LogP contribution is 2.30. The van der Waals surface area contributed by atoms with E-state index in [4.69, 9.17) is 86.5 Å². The van der Waals surface area contributed by atoms with Gasteiger partial charge in [-0.2, -0.15) is 0 Å². The maximum absolute atomic E-state index is 12.8. The quantitative estimate of drug-likeness (QED) is 0.0637. The smallest absolute Gasteiger partial charge is 0.274 e. The summed E-state index contributed by atoms with van der Waals surface area (Å²) in [6.07, 6.45) is 16.4. The molecule has 0 amide bonds. The van der Waals surface area contributed by atoms with Gasteiger partial charge in [0.1, 0.15) is 23.0 Å². The monoisotopic (exact) mass is 1230 g/mol. The van der Waals surface area contributed by atoms with E-state index in [-0.39, 0.29) is 85.1 Å². The second kappa shape index (κ2) is 34.7. The van der Waals surface area contributed by atoms with Gasteiger partial charge < -0.3 is 72.1 Å². The molecule has 1 saturated carbocycles. The summed E-state index contributed by atoms with van der Waals surface area (Å²) in [6, 6.07) is 11.6. The third kappa shape index (κ3) is 23.6. The lowest BCUT2D eigenvalue weighted by atomic mass is 10.2. The van der Waals surface area contributed by atoms with Gasteiger partial charge in [0.05, 0.1) is 48.5 Å². The van der Waals surface area contributed by atoms with Crippen molar-refractivity contribution >= 4 is 86.2 Å². The highest BCUT2D eigenvalue weighted by atomic mass is 35.5. The third-order valence-corrected chi connectivity index (χ3v) is 12.7. The molecule has 454 valence electrons. The Morgan fingerprint density at radius 3 is 1.35 bits per heavy atom. The number of hydrogen-bond donors (Lipinski definition) is 7. The van der Waals surface area contributed by atoms with E-state index < -0.39 is 11.6 Å². The van der Waals surface area contributed by atoms with E-state index in [2.05, 4.69) is 6.92 Å². The fraction of sp³-hybridized carbons (Fsp3) is 0.375. The number of rotatable bonds is 11. The number of hydrogen-bond acceptors (Lipinski definition) is 14. The third-order valence-electron chi connectivity index (χ3n) is 11.9. The van der Waals surface area contributed by atoms with Crippen LogP contribution in [-0.4, -0.2) is 32.0 Å². The number of anilines is 7. The molecular weight excluding hydrogens is 1160 g/mol. The molecule has 1 fully saturated rings. The van der Waals surface area contributed by atoms with E-state index in [1.807, 2.05) is 41.5 Å². The predicted molar refractivity (Wildman–Crippen MR) is 336 cm³/mol. The van der Waals surface area contributed by atoms with Gasteiger partial charge in [-0.3, -0.25) is 33.6 Å². The minimum atomic E-state index is -0.472. The van der Waals surface area contributed by atoms with Crippen LogP contribution < -0.4 is 79.1 Å². The Bertz CT molecular complexity index is 3660. The van der Waals surface area contributed by atoms with Gasteiger partial charge in [-0.1, -0.05) is 73.6 Å². The molecule has 1 aliphatic rings. The molecule has 83 heavy (non-hydrogen) atoms. The van der Waals surface area contributed by atoms with Crippen molar-refractivity contribution in [2.75, 3.05) is 40.1 Å². The second-order valence-electron chi connectivity index (χ2n) is 19.2. The van der Waals surface area contributed by atoms with Gasteiger partial charge in [0, 0.05) is 101 Å². The van der Waals surface area contributed by atoms with Crippen LogP contribution in [0.2, 0.25) is 20.1 Å². The first-order valence-electron chi connectivity index (χ1n) is 26.3. The van der Waals surface area contributed by atoms with E-state index in [1.165, 1.54) is 61.1 Å². The standard InChI is InChI=1S/2C9H13ClN2O.C9H11FN2O.C8H11FN2O.C8H12N2O.C7H9ClN2O.C6H7ClN2O/c1-3-6(2)12-5-7(10)4-8(11)9(12)13;1-2-3-4-12-6-7(10)5-8(11)9(12)13;10-7-3-8(11)9(13)12(5-7)4-6-1-2-6;1-2-3-11-5-6(9)4-7(10)8(11)12;1-6(2)10-5-3-4-7(9)8(10)11;1-2-10-4-5(8)3-6(9)7(10)11;1-9-3-4(7)2-5(8)6(9)10/h4-6H,3,11H2,1-2H3;5-6H,2-4,11H2,1H3;3,5-6H,1-2,4,11H2;4-5H,2-3,10H2,1H3;3-6H,9H2,1-2H3;3-4H,2,9H2,1H3;2-3H,8H2,1H3. The Kier molecular flexibility index (Phi) is 29.8. The first-order valence-corrected chi connectivity index (χ1v) is 27.8. The number of pyridine rings is 7. The Morgan fingerprint density at radius 2 is 0.904 bits per heavy atom. The van der Waals surface area contributed by atoms with Crippen molar-refractivity contribution < 1.29 is 8.78 Å². The minimum absolute atomic E-state index is 0.0133. The average Bonchev–Trinajstić information content (AvgIpc) is 4.31. The summed E-state index contributed by atoms with van der Waals surface area (Å²) in [5.74, 6) is -0.378. The van der Waals surface area contributed by atoms with E-state index in [1.54, 1.807) is 57.7 Å². The Morgan fingerprint density at radius 1 is 0.494 bits per heavy atom. The molecule has 0 aliphatic heterocycles. The fourth-order valence-corrected chi connectivity index (χ4v) is 8.03. The van der Waals surface area contributed by atoms with Crippen LogP contribution >= 0.6 is 46.4 Å². The van der Waals surface area contributed by atoms with Gasteiger partial charge >= 0.3 is 0 Å². The highest BCUT2D eigenvalue weighted by molar-refractivity contribution is 6.31. The van der Waals surface area contributed by atoms with Crippen molar-refractivity contribution in [3.05, 3.63) is 196 Å². The van der Waals surface area contributed by atoms with Crippen LogP contribution in [0.4, 0.5) is 48.6 Å². The lowest BCUT2D eigenvalue weighted by Crippen LogP contribution is -2.24. The number of nitrogens with two attached hydrogens (primary N) is 7. The van der Waals surface area contributed by atoms with E-state index in [9.17, 15) is 42.3 Å². The van der Waals surface area contributed by atoms with E-state index in [0.29, 0.717) is 57.9 Å². The van der Waals surface area contributed by atoms with Crippen LogP contribution in [0.15, 0.2) is 125 Å². The Labute approximate surface area is 499 Å². The number of halogens is 6. The summed E-state index contributed by atoms with van der Waals surface area (Å²) in [5, 5.41) is 1.97. The normalized spacial score (nSPS) is 11.5. The Hall–Kier alpha value is -7.73. The van der Waals surface area contributed by atoms with Crippen molar-refractivity contribution in [3.8, 4) is 0 Å². The molecule has 7 aromatic heterocycles. The molecule has 0 saturated heterocycles. The number of nitrogens with zero attached hydrogens (tertiary/aromatic N) is 7. The van der Waals surface area contributed by atoms with Crippen LogP contribution in [-0.2, 0) is 33.2 Å². The number of unbranched alkanes of at least 4 members (excludes halogenated alkanes) is 1. The molecule has 1 unspecified atom stereocenters. The SMILES string of the molecule is CC(C)n1cccc(N)c1=O.CCC(C)n1cc(Cl)cc(N)c1=O.CCCCn1cc(Cl)cc(N)c1=O.CCCn1cc(F)cc(N)c1=O.CCn1cc(Cl)cc(N)c1=O.Cn1cc(Cl)cc(N)c1=O.Nc1cc(F)cn(CC2CC2)c1=O. The van der Waals surface area contributed by atoms with Crippen LogP contribution in [0.5, 0.6) is 0 Å². The molecular formula is C56H76Cl4F2N14O7. The molecule has 27 heteroatoms. The summed E-state index contributed by atoms with van der Waals surface area (Å²) < 4.78 is 35.7. The van der Waals surface area contributed by atoms with Crippen LogP contribution in [0.3, 0.4) is 0 Å². The molecule has 0 bridgehead atoms. The van der Waals surface area contributed by atoms with E-state index >= 15 is 0 Å². The molecule has 0 radical (unpaired) electrons.